The van der Waals surface area contributed by atoms with Crippen molar-refractivity contribution in [3.05, 3.63) is 53.1 Å². The number of benzene rings is 2. The Kier molecular flexibility index (Phi) is 4.64. The first-order chi connectivity index (χ1) is 12.2. The lowest BCUT2D eigenvalue weighted by Crippen LogP contribution is -2.37. The predicted octanol–water partition coefficient (Wildman–Crippen LogP) is 2.48. The number of carbonyl (C=O) groups excluding carboxylic acids is 1. The molecule has 138 valence electrons. The summed E-state index contributed by atoms with van der Waals surface area (Å²) in [5.41, 5.74) is -0.0200. The van der Waals surface area contributed by atoms with E-state index in [0.717, 1.165) is 5.56 Å². The van der Waals surface area contributed by atoms with Gasteiger partial charge in [0.05, 0.1) is 23.7 Å². The lowest BCUT2D eigenvalue weighted by Gasteiger charge is -2.30. The van der Waals surface area contributed by atoms with Crippen molar-refractivity contribution in [2.24, 2.45) is 0 Å². The molecular formula is C20H22O6. The molecule has 0 fully saturated rings. The maximum atomic E-state index is 12.6. The average molecular weight is 358 g/mol. The van der Waals surface area contributed by atoms with Crippen molar-refractivity contribution >= 4 is 5.78 Å². The van der Waals surface area contributed by atoms with Gasteiger partial charge in [-0.25, -0.2) is 0 Å². The van der Waals surface area contributed by atoms with Gasteiger partial charge in [-0.1, -0.05) is 12.1 Å². The highest BCUT2D eigenvalue weighted by molar-refractivity contribution is 6.00. The second-order valence-corrected chi connectivity index (χ2v) is 7.14. The first kappa shape index (κ1) is 18.2. The molecule has 1 unspecified atom stereocenters. The number of aromatic hydroxyl groups is 2. The summed E-state index contributed by atoms with van der Waals surface area (Å²) in [7, 11) is 0. The highest BCUT2D eigenvalue weighted by atomic mass is 16.5. The van der Waals surface area contributed by atoms with Crippen molar-refractivity contribution in [2.45, 2.75) is 44.5 Å². The van der Waals surface area contributed by atoms with Crippen molar-refractivity contribution in [1.29, 1.82) is 0 Å². The second kappa shape index (κ2) is 6.63. The number of ketones is 1. The number of phenolic OH excluding ortho intramolecular Hbond substituents is 2. The molecule has 1 aliphatic heterocycles. The van der Waals surface area contributed by atoms with Crippen LogP contribution in [0.3, 0.4) is 0 Å². The molecule has 26 heavy (non-hydrogen) atoms. The Balaban J connectivity index is 1.99. The standard InChI is InChI=1S/C20H22O6/c1-20(2,25)18(24)9-14-15(22)8-7-13-16(23)10-17(26-19(13)14)11-3-5-12(21)6-4-11/h3-8,17-18,21-22,24-25H,9-10H2,1-2H3/t17-,18?/m0/s1. The van der Waals surface area contributed by atoms with Gasteiger partial charge in [0.25, 0.3) is 0 Å². The van der Waals surface area contributed by atoms with Crippen LogP contribution < -0.4 is 4.74 Å². The molecule has 6 nitrogen and oxygen atoms in total. The average Bonchev–Trinajstić information content (AvgIpc) is 2.57. The summed E-state index contributed by atoms with van der Waals surface area (Å²) in [5.74, 6) is 0.0973. The lowest BCUT2D eigenvalue weighted by atomic mass is 9.90. The number of ether oxygens (including phenoxy) is 1. The molecule has 0 aliphatic carbocycles. The quantitative estimate of drug-likeness (QED) is 0.669. The summed E-state index contributed by atoms with van der Waals surface area (Å²) in [4.78, 5) is 12.6. The smallest absolute Gasteiger partial charge is 0.170 e. The van der Waals surface area contributed by atoms with Crippen LogP contribution in [-0.4, -0.2) is 37.9 Å². The fraction of sp³-hybridized carbons (Fsp3) is 0.350. The van der Waals surface area contributed by atoms with E-state index >= 15 is 0 Å². The molecule has 2 atom stereocenters. The second-order valence-electron chi connectivity index (χ2n) is 7.14. The van der Waals surface area contributed by atoms with Crippen LogP contribution in [0.5, 0.6) is 17.2 Å². The van der Waals surface area contributed by atoms with Gasteiger partial charge < -0.3 is 25.2 Å². The molecule has 0 saturated heterocycles. The van der Waals surface area contributed by atoms with Gasteiger partial charge in [0.15, 0.2) is 5.78 Å². The van der Waals surface area contributed by atoms with Crippen molar-refractivity contribution < 1.29 is 30.0 Å². The van der Waals surface area contributed by atoms with Crippen LogP contribution in [-0.2, 0) is 6.42 Å². The number of Topliss-reactive ketones (excluding diaryl/α,β-unsaturated/α-hetero) is 1. The summed E-state index contributed by atoms with van der Waals surface area (Å²) >= 11 is 0. The van der Waals surface area contributed by atoms with Crippen LogP contribution in [0.2, 0.25) is 0 Å². The Hall–Kier alpha value is -2.57. The molecule has 1 aliphatic rings. The molecule has 0 bridgehead atoms. The van der Waals surface area contributed by atoms with Crippen molar-refractivity contribution in [1.82, 2.24) is 0 Å². The van der Waals surface area contributed by atoms with Crippen LogP contribution in [0, 0.1) is 0 Å². The first-order valence-corrected chi connectivity index (χ1v) is 8.41. The van der Waals surface area contributed by atoms with E-state index in [1.54, 1.807) is 12.1 Å². The molecule has 6 heteroatoms. The molecule has 0 amide bonds. The van der Waals surface area contributed by atoms with E-state index in [-0.39, 0.29) is 41.4 Å². The Labute approximate surface area is 151 Å². The highest BCUT2D eigenvalue weighted by Gasteiger charge is 2.33. The molecule has 0 saturated carbocycles. The fourth-order valence-corrected chi connectivity index (χ4v) is 2.95. The number of fused-ring (bicyclic) bond motifs is 1. The molecule has 3 rings (SSSR count). The molecule has 2 aromatic rings. The molecule has 0 spiro atoms. The van der Waals surface area contributed by atoms with E-state index in [1.807, 2.05) is 0 Å². The number of aliphatic hydroxyl groups is 2. The lowest BCUT2D eigenvalue weighted by molar-refractivity contribution is -0.0474. The van der Waals surface area contributed by atoms with E-state index in [0.29, 0.717) is 5.56 Å². The Morgan fingerprint density at radius 1 is 1.15 bits per heavy atom. The Morgan fingerprint density at radius 2 is 1.81 bits per heavy atom. The van der Waals surface area contributed by atoms with E-state index < -0.39 is 17.8 Å². The number of hydrogen-bond donors (Lipinski definition) is 4. The van der Waals surface area contributed by atoms with Crippen molar-refractivity contribution in [3.63, 3.8) is 0 Å². The minimum Gasteiger partial charge on any atom is -0.508 e. The molecule has 4 N–H and O–H groups in total. The number of aliphatic hydroxyl groups excluding tert-OH is 1. The van der Waals surface area contributed by atoms with Gasteiger partial charge in [-0.15, -0.1) is 0 Å². The summed E-state index contributed by atoms with van der Waals surface area (Å²) in [6, 6.07) is 9.27. The zero-order valence-electron chi connectivity index (χ0n) is 14.6. The summed E-state index contributed by atoms with van der Waals surface area (Å²) in [5, 5.41) is 39.9. The number of carbonyl (C=O) groups is 1. The van der Waals surface area contributed by atoms with E-state index in [1.165, 1.54) is 38.1 Å². The topological polar surface area (TPSA) is 107 Å². The minimum atomic E-state index is -1.37. The van der Waals surface area contributed by atoms with Gasteiger partial charge in [-0.3, -0.25) is 4.79 Å². The molecular weight excluding hydrogens is 336 g/mol. The van der Waals surface area contributed by atoms with Gasteiger partial charge in [-0.05, 0) is 43.7 Å². The third-order valence-electron chi connectivity index (χ3n) is 4.64. The van der Waals surface area contributed by atoms with Gasteiger partial charge in [0.2, 0.25) is 0 Å². The number of rotatable bonds is 4. The summed E-state index contributed by atoms with van der Waals surface area (Å²) < 4.78 is 6.00. The third kappa shape index (κ3) is 3.52. The molecule has 0 aromatic heterocycles. The van der Waals surface area contributed by atoms with Crippen LogP contribution in [0.1, 0.15) is 47.9 Å². The number of phenols is 2. The van der Waals surface area contributed by atoms with Crippen molar-refractivity contribution in [3.8, 4) is 17.2 Å². The maximum absolute atomic E-state index is 12.6. The SMILES string of the molecule is CC(C)(O)C(O)Cc1c(O)ccc2c1O[C@H](c1ccc(O)cc1)CC2=O. The molecule has 2 aromatic carbocycles. The first-order valence-electron chi connectivity index (χ1n) is 8.41. The Morgan fingerprint density at radius 3 is 2.42 bits per heavy atom. The van der Waals surface area contributed by atoms with Crippen LogP contribution >= 0.6 is 0 Å². The van der Waals surface area contributed by atoms with Crippen LogP contribution in [0.25, 0.3) is 0 Å². The summed E-state index contributed by atoms with van der Waals surface area (Å²) in [6.07, 6.45) is -1.63. The zero-order valence-corrected chi connectivity index (χ0v) is 14.6. The zero-order chi connectivity index (χ0) is 19.1. The maximum Gasteiger partial charge on any atom is 0.170 e. The normalized spacial score (nSPS) is 18.2. The fourth-order valence-electron chi connectivity index (χ4n) is 2.95. The van der Waals surface area contributed by atoms with Gasteiger partial charge in [0, 0.05) is 12.0 Å². The minimum absolute atomic E-state index is 0.0614. The van der Waals surface area contributed by atoms with E-state index in [2.05, 4.69) is 0 Å². The van der Waals surface area contributed by atoms with Crippen LogP contribution in [0.4, 0.5) is 0 Å². The molecule has 1 heterocycles. The summed E-state index contributed by atoms with van der Waals surface area (Å²) in [6.45, 7) is 2.94. The number of hydrogen-bond acceptors (Lipinski definition) is 6. The Bertz CT molecular complexity index is 819. The highest BCUT2D eigenvalue weighted by Crippen LogP contribution is 2.41. The van der Waals surface area contributed by atoms with E-state index in [9.17, 15) is 25.2 Å². The van der Waals surface area contributed by atoms with Gasteiger partial charge in [-0.2, -0.15) is 0 Å². The van der Waals surface area contributed by atoms with Gasteiger partial charge in [0.1, 0.15) is 23.4 Å². The van der Waals surface area contributed by atoms with E-state index in [4.69, 9.17) is 4.74 Å². The monoisotopic (exact) mass is 358 g/mol. The molecule has 0 radical (unpaired) electrons. The van der Waals surface area contributed by atoms with Crippen molar-refractivity contribution in [2.75, 3.05) is 0 Å². The van der Waals surface area contributed by atoms with Gasteiger partial charge >= 0.3 is 0 Å². The predicted molar refractivity (Wildman–Crippen MR) is 94.5 cm³/mol. The largest absolute Gasteiger partial charge is 0.508 e. The van der Waals surface area contributed by atoms with Crippen LogP contribution in [0.15, 0.2) is 36.4 Å². The third-order valence-corrected chi connectivity index (χ3v) is 4.64.